The molecule has 5 heteroatoms. The summed E-state index contributed by atoms with van der Waals surface area (Å²) in [5.41, 5.74) is 0. The van der Waals surface area contributed by atoms with Gasteiger partial charge in [-0.05, 0) is 56.2 Å². The third-order valence-electron chi connectivity index (χ3n) is 8.68. The van der Waals surface area contributed by atoms with Crippen molar-refractivity contribution in [3.8, 4) is 0 Å². The van der Waals surface area contributed by atoms with Crippen LogP contribution in [-0.2, 0) is 18.8 Å². The Morgan fingerprint density at radius 1 is 0.615 bits per heavy atom. The number of rotatable bonds is 27. The standard InChI is InChI=1S/C34H68O4Si/c1-8-10-17-23-31(24-18-11-9-2)28-30-37-33(36)27-21-14-12-13-19-25-32(35)26-20-15-16-22-29-38-39(6,7)34(3,4)5/h31H,8-30H2,1-7H3. The third-order valence-corrected chi connectivity index (χ3v) is 13.2. The smallest absolute Gasteiger partial charge is 0.305 e. The van der Waals surface area contributed by atoms with Crippen molar-refractivity contribution in [1.29, 1.82) is 0 Å². The van der Waals surface area contributed by atoms with E-state index in [1.54, 1.807) is 0 Å². The first-order valence-electron chi connectivity index (χ1n) is 16.8. The summed E-state index contributed by atoms with van der Waals surface area (Å²) < 4.78 is 11.8. The zero-order valence-corrected chi connectivity index (χ0v) is 28.5. The number of esters is 1. The lowest BCUT2D eigenvalue weighted by Gasteiger charge is -2.36. The van der Waals surface area contributed by atoms with Crippen LogP contribution in [0.1, 0.15) is 169 Å². The number of carbonyl (C=O) groups is 2. The molecule has 0 unspecified atom stereocenters. The fourth-order valence-electron chi connectivity index (χ4n) is 4.78. The molecule has 0 N–H and O–H groups in total. The zero-order valence-electron chi connectivity index (χ0n) is 27.5. The largest absolute Gasteiger partial charge is 0.466 e. The molecule has 0 aromatic carbocycles. The van der Waals surface area contributed by atoms with Gasteiger partial charge in [-0.15, -0.1) is 0 Å². The number of carbonyl (C=O) groups excluding carboxylic acids is 2. The van der Waals surface area contributed by atoms with E-state index in [4.69, 9.17) is 9.16 Å². The first-order valence-corrected chi connectivity index (χ1v) is 19.8. The average molecular weight is 569 g/mol. The molecule has 0 aliphatic carbocycles. The Bertz CT molecular complexity index is 586. The molecule has 232 valence electrons. The van der Waals surface area contributed by atoms with Crippen molar-refractivity contribution in [2.24, 2.45) is 5.92 Å². The van der Waals surface area contributed by atoms with Gasteiger partial charge < -0.3 is 9.16 Å². The predicted molar refractivity (Wildman–Crippen MR) is 171 cm³/mol. The summed E-state index contributed by atoms with van der Waals surface area (Å²) in [5, 5.41) is 0.274. The monoisotopic (exact) mass is 568 g/mol. The highest BCUT2D eigenvalue weighted by Crippen LogP contribution is 2.36. The van der Waals surface area contributed by atoms with Gasteiger partial charge in [0.1, 0.15) is 5.78 Å². The fraction of sp³-hybridized carbons (Fsp3) is 0.941. The summed E-state index contributed by atoms with van der Waals surface area (Å²) in [5.74, 6) is 1.10. The third kappa shape index (κ3) is 22.7. The van der Waals surface area contributed by atoms with Crippen LogP contribution < -0.4 is 0 Å². The van der Waals surface area contributed by atoms with Crippen molar-refractivity contribution >= 4 is 20.1 Å². The number of ether oxygens (including phenoxy) is 1. The van der Waals surface area contributed by atoms with Gasteiger partial charge in [0.2, 0.25) is 0 Å². The normalized spacial score (nSPS) is 12.3. The number of ketones is 1. The molecule has 0 rings (SSSR count). The Balaban J connectivity index is 3.67. The van der Waals surface area contributed by atoms with Gasteiger partial charge in [0.05, 0.1) is 6.61 Å². The molecular weight excluding hydrogens is 500 g/mol. The Morgan fingerprint density at radius 2 is 1.10 bits per heavy atom. The van der Waals surface area contributed by atoms with Crippen LogP contribution >= 0.6 is 0 Å². The van der Waals surface area contributed by atoms with E-state index >= 15 is 0 Å². The highest BCUT2D eigenvalue weighted by Gasteiger charge is 2.36. The van der Waals surface area contributed by atoms with Crippen molar-refractivity contribution in [3.63, 3.8) is 0 Å². The van der Waals surface area contributed by atoms with E-state index < -0.39 is 8.32 Å². The van der Waals surface area contributed by atoms with Crippen LogP contribution in [-0.4, -0.2) is 33.3 Å². The maximum Gasteiger partial charge on any atom is 0.305 e. The molecule has 0 saturated carbocycles. The molecule has 0 fully saturated rings. The van der Waals surface area contributed by atoms with Crippen molar-refractivity contribution < 1.29 is 18.8 Å². The quantitative estimate of drug-likeness (QED) is 0.0561. The Morgan fingerprint density at radius 3 is 1.62 bits per heavy atom. The van der Waals surface area contributed by atoms with Gasteiger partial charge in [-0.3, -0.25) is 9.59 Å². The van der Waals surface area contributed by atoms with E-state index in [1.165, 1.54) is 51.4 Å². The van der Waals surface area contributed by atoms with Crippen LogP contribution in [0.25, 0.3) is 0 Å². The summed E-state index contributed by atoms with van der Waals surface area (Å²) in [4.78, 5) is 24.3. The molecule has 0 aromatic heterocycles. The minimum atomic E-state index is -1.62. The zero-order chi connectivity index (χ0) is 29.4. The molecule has 0 aliphatic rings. The predicted octanol–water partition coefficient (Wildman–Crippen LogP) is 11.0. The molecule has 0 amide bonds. The summed E-state index contributed by atoms with van der Waals surface area (Å²) in [6, 6.07) is 0. The maximum atomic E-state index is 12.2. The van der Waals surface area contributed by atoms with E-state index in [0.29, 0.717) is 31.1 Å². The average Bonchev–Trinajstić information content (AvgIpc) is 2.86. The summed E-state index contributed by atoms with van der Waals surface area (Å²) in [6.07, 6.45) is 22.9. The van der Waals surface area contributed by atoms with E-state index in [2.05, 4.69) is 47.7 Å². The lowest BCUT2D eigenvalue weighted by atomic mass is 9.92. The van der Waals surface area contributed by atoms with Crippen LogP contribution in [0.2, 0.25) is 18.1 Å². The SMILES string of the molecule is CCCCCC(CCCCC)CCOC(=O)CCCCCCCC(=O)CCCCCCO[Si](C)(C)C(C)(C)C. The summed E-state index contributed by atoms with van der Waals surface area (Å²) in [7, 11) is -1.62. The molecule has 4 nitrogen and oxygen atoms in total. The topological polar surface area (TPSA) is 52.6 Å². The first-order chi connectivity index (χ1) is 18.5. The maximum absolute atomic E-state index is 12.2. The van der Waals surface area contributed by atoms with E-state index in [-0.39, 0.29) is 11.0 Å². The van der Waals surface area contributed by atoms with Crippen LogP contribution in [0.3, 0.4) is 0 Å². The van der Waals surface area contributed by atoms with Gasteiger partial charge in [-0.1, -0.05) is 118 Å². The lowest BCUT2D eigenvalue weighted by Crippen LogP contribution is -2.40. The fourth-order valence-corrected chi connectivity index (χ4v) is 5.87. The highest BCUT2D eigenvalue weighted by molar-refractivity contribution is 6.74. The number of Topliss-reactive ketones (excluding diaryl/α,β-unsaturated/α-hetero) is 1. The minimum absolute atomic E-state index is 0.0300. The van der Waals surface area contributed by atoms with Crippen molar-refractivity contribution in [2.75, 3.05) is 13.2 Å². The summed E-state index contributed by atoms with van der Waals surface area (Å²) >= 11 is 0. The Kier molecular flexibility index (Phi) is 23.5. The van der Waals surface area contributed by atoms with Crippen LogP contribution in [0.4, 0.5) is 0 Å². The van der Waals surface area contributed by atoms with Gasteiger partial charge in [0.15, 0.2) is 8.32 Å². The summed E-state index contributed by atoms with van der Waals surface area (Å²) in [6.45, 7) is 17.4. The van der Waals surface area contributed by atoms with Gasteiger partial charge in [-0.25, -0.2) is 0 Å². The second-order valence-corrected chi connectivity index (χ2v) is 18.3. The van der Waals surface area contributed by atoms with Crippen molar-refractivity contribution in [1.82, 2.24) is 0 Å². The molecule has 0 aromatic rings. The molecule has 39 heavy (non-hydrogen) atoms. The van der Waals surface area contributed by atoms with E-state index in [0.717, 1.165) is 77.2 Å². The van der Waals surface area contributed by atoms with E-state index in [1.807, 2.05) is 0 Å². The second kappa shape index (κ2) is 24.0. The minimum Gasteiger partial charge on any atom is -0.466 e. The molecule has 0 saturated heterocycles. The molecule has 0 aliphatic heterocycles. The van der Waals surface area contributed by atoms with Crippen LogP contribution in [0.5, 0.6) is 0 Å². The van der Waals surface area contributed by atoms with Gasteiger partial charge in [0, 0.05) is 25.9 Å². The van der Waals surface area contributed by atoms with Gasteiger partial charge in [0.25, 0.3) is 0 Å². The molecule has 0 radical (unpaired) electrons. The van der Waals surface area contributed by atoms with Gasteiger partial charge in [-0.2, -0.15) is 0 Å². The van der Waals surface area contributed by atoms with Crippen LogP contribution in [0, 0.1) is 5.92 Å². The van der Waals surface area contributed by atoms with Crippen LogP contribution in [0.15, 0.2) is 0 Å². The molecule has 0 bridgehead atoms. The number of unbranched alkanes of at least 4 members (excludes halogenated alkanes) is 11. The number of hydrogen-bond acceptors (Lipinski definition) is 4. The second-order valence-electron chi connectivity index (χ2n) is 13.4. The lowest BCUT2D eigenvalue weighted by molar-refractivity contribution is -0.144. The van der Waals surface area contributed by atoms with Crippen molar-refractivity contribution in [2.45, 2.75) is 188 Å². The Labute approximate surface area is 245 Å². The molecular formula is C34H68O4Si. The number of hydrogen-bond donors (Lipinski definition) is 0. The van der Waals surface area contributed by atoms with E-state index in [9.17, 15) is 9.59 Å². The van der Waals surface area contributed by atoms with Crippen molar-refractivity contribution in [3.05, 3.63) is 0 Å². The van der Waals surface area contributed by atoms with Gasteiger partial charge >= 0.3 is 5.97 Å². The molecule has 0 heterocycles. The molecule has 0 atom stereocenters. The highest BCUT2D eigenvalue weighted by atomic mass is 28.4. The molecule has 0 spiro atoms. The first kappa shape index (κ1) is 38.3. The Hall–Kier alpha value is -0.683.